The van der Waals surface area contributed by atoms with Gasteiger partial charge in [0.25, 0.3) is 0 Å². The molecule has 2 atom stereocenters. The average molecular weight is 356 g/mol. The summed E-state index contributed by atoms with van der Waals surface area (Å²) >= 11 is 0. The number of hydrogen-bond acceptors (Lipinski definition) is 4. The number of carbonyl (C=O) groups excluding carboxylic acids is 2. The number of carboxylic acids is 1. The van der Waals surface area contributed by atoms with Crippen molar-refractivity contribution in [3.8, 4) is 11.8 Å². The molecular formula is C18H20N4O4. The van der Waals surface area contributed by atoms with E-state index in [0.717, 1.165) is 5.56 Å². The van der Waals surface area contributed by atoms with Gasteiger partial charge in [-0.3, -0.25) is 19.8 Å². The lowest BCUT2D eigenvalue weighted by Crippen LogP contribution is -2.33. The van der Waals surface area contributed by atoms with Crippen molar-refractivity contribution in [1.29, 1.82) is 5.41 Å². The summed E-state index contributed by atoms with van der Waals surface area (Å²) in [6, 6.07) is 6.52. The van der Waals surface area contributed by atoms with Crippen LogP contribution in [-0.2, 0) is 14.4 Å². The highest BCUT2D eigenvalue weighted by atomic mass is 16.4. The lowest BCUT2D eigenvalue weighted by atomic mass is 10.00. The summed E-state index contributed by atoms with van der Waals surface area (Å²) < 4.78 is 0. The molecule has 1 aromatic carbocycles. The van der Waals surface area contributed by atoms with Crippen LogP contribution in [0.1, 0.15) is 30.4 Å². The van der Waals surface area contributed by atoms with Crippen LogP contribution in [0.25, 0.3) is 0 Å². The van der Waals surface area contributed by atoms with Gasteiger partial charge in [0.15, 0.2) is 0 Å². The Labute approximate surface area is 150 Å². The van der Waals surface area contributed by atoms with Crippen molar-refractivity contribution in [3.63, 3.8) is 0 Å². The van der Waals surface area contributed by atoms with E-state index in [-0.39, 0.29) is 43.1 Å². The van der Waals surface area contributed by atoms with Crippen molar-refractivity contribution < 1.29 is 19.5 Å². The zero-order valence-corrected chi connectivity index (χ0v) is 14.0. The largest absolute Gasteiger partial charge is 0.481 e. The lowest BCUT2D eigenvalue weighted by Gasteiger charge is -2.08. The van der Waals surface area contributed by atoms with Crippen LogP contribution in [0.5, 0.6) is 0 Å². The van der Waals surface area contributed by atoms with Gasteiger partial charge >= 0.3 is 5.97 Å². The van der Waals surface area contributed by atoms with Crippen molar-refractivity contribution >= 4 is 23.6 Å². The number of carboxylic acid groups (broad SMARTS) is 1. The second kappa shape index (κ2) is 8.67. The predicted molar refractivity (Wildman–Crippen MR) is 94.3 cm³/mol. The highest BCUT2D eigenvalue weighted by Gasteiger charge is 2.34. The number of nitrogen functional groups attached to an aromatic ring is 1. The Morgan fingerprint density at radius 1 is 1.31 bits per heavy atom. The van der Waals surface area contributed by atoms with Gasteiger partial charge in [-0.2, -0.15) is 0 Å². The quantitative estimate of drug-likeness (QED) is 0.272. The van der Waals surface area contributed by atoms with Crippen LogP contribution in [0, 0.1) is 23.2 Å². The molecule has 1 saturated heterocycles. The van der Waals surface area contributed by atoms with E-state index in [1.54, 1.807) is 24.3 Å². The highest BCUT2D eigenvalue weighted by Crippen LogP contribution is 2.20. The summed E-state index contributed by atoms with van der Waals surface area (Å²) in [6.07, 6.45) is 0.210. The zero-order chi connectivity index (χ0) is 19.1. The summed E-state index contributed by atoms with van der Waals surface area (Å²) in [5, 5.41) is 21.3. The fourth-order valence-electron chi connectivity index (χ4n) is 2.67. The molecule has 0 aromatic heterocycles. The monoisotopic (exact) mass is 356 g/mol. The zero-order valence-electron chi connectivity index (χ0n) is 14.0. The molecule has 2 amide bonds. The Hall–Kier alpha value is -3.34. The number of aliphatic carboxylic acids is 1. The number of amides is 2. The van der Waals surface area contributed by atoms with E-state index < -0.39 is 11.9 Å². The second-order valence-corrected chi connectivity index (χ2v) is 6.01. The molecular weight excluding hydrogens is 336 g/mol. The number of benzene rings is 1. The van der Waals surface area contributed by atoms with Crippen LogP contribution >= 0.6 is 0 Å². The third-order valence-corrected chi connectivity index (χ3v) is 3.94. The van der Waals surface area contributed by atoms with Crippen LogP contribution in [-0.4, -0.2) is 41.3 Å². The third kappa shape index (κ3) is 5.63. The minimum absolute atomic E-state index is 0.0126. The fourth-order valence-corrected chi connectivity index (χ4v) is 2.67. The van der Waals surface area contributed by atoms with Crippen LogP contribution in [0.4, 0.5) is 0 Å². The highest BCUT2D eigenvalue weighted by molar-refractivity contribution is 5.95. The van der Waals surface area contributed by atoms with E-state index in [4.69, 9.17) is 16.2 Å². The van der Waals surface area contributed by atoms with Gasteiger partial charge in [0.2, 0.25) is 11.8 Å². The average Bonchev–Trinajstić information content (AvgIpc) is 2.90. The molecule has 0 bridgehead atoms. The number of hydrogen-bond donors (Lipinski definition) is 5. The van der Waals surface area contributed by atoms with E-state index in [2.05, 4.69) is 22.5 Å². The maximum Gasteiger partial charge on any atom is 0.304 e. The SMILES string of the molecule is N=C(N)c1ccc(C#CCNC(=O)C[C@@H]2C[C@@H](CC(=O)O)C(=O)N2)cc1. The van der Waals surface area contributed by atoms with Crippen molar-refractivity contribution in [2.75, 3.05) is 6.54 Å². The van der Waals surface area contributed by atoms with Crippen molar-refractivity contribution in [1.82, 2.24) is 10.6 Å². The van der Waals surface area contributed by atoms with Gasteiger partial charge in [0.05, 0.1) is 18.9 Å². The summed E-state index contributed by atoms with van der Waals surface area (Å²) in [7, 11) is 0. The van der Waals surface area contributed by atoms with Crippen LogP contribution in [0.15, 0.2) is 24.3 Å². The standard InChI is InChI=1S/C18H20N4O4/c19-17(20)12-5-3-11(4-6-12)2-1-7-21-15(23)10-14-8-13(9-16(24)25)18(26)22-14/h3-6,13-14H,7-10H2,(H3,19,20)(H,21,23)(H,22,26)(H,24,25)/t13-,14-/m0/s1. The van der Waals surface area contributed by atoms with Gasteiger partial charge in [-0.1, -0.05) is 24.0 Å². The second-order valence-electron chi connectivity index (χ2n) is 6.01. The first-order valence-electron chi connectivity index (χ1n) is 8.07. The summed E-state index contributed by atoms with van der Waals surface area (Å²) in [5.41, 5.74) is 6.73. The molecule has 1 aliphatic heterocycles. The first-order valence-corrected chi connectivity index (χ1v) is 8.07. The van der Waals surface area contributed by atoms with Crippen LogP contribution < -0.4 is 16.4 Å². The van der Waals surface area contributed by atoms with Gasteiger partial charge in [0, 0.05) is 23.6 Å². The van der Waals surface area contributed by atoms with Gasteiger partial charge in [-0.25, -0.2) is 0 Å². The first kappa shape index (κ1) is 19.0. The minimum Gasteiger partial charge on any atom is -0.481 e. The maximum absolute atomic E-state index is 11.9. The van der Waals surface area contributed by atoms with Crippen molar-refractivity contribution in [3.05, 3.63) is 35.4 Å². The molecule has 136 valence electrons. The maximum atomic E-state index is 11.9. The molecule has 8 heteroatoms. The summed E-state index contributed by atoms with van der Waals surface area (Å²) in [4.78, 5) is 34.2. The van der Waals surface area contributed by atoms with Gasteiger partial charge in [-0.15, -0.1) is 0 Å². The Balaban J connectivity index is 1.75. The van der Waals surface area contributed by atoms with Gasteiger partial charge < -0.3 is 21.5 Å². The molecule has 0 unspecified atom stereocenters. The van der Waals surface area contributed by atoms with Crippen molar-refractivity contribution in [2.24, 2.45) is 11.7 Å². The van der Waals surface area contributed by atoms with Crippen LogP contribution in [0.3, 0.4) is 0 Å². The molecule has 1 fully saturated rings. The van der Waals surface area contributed by atoms with E-state index in [1.807, 2.05) is 0 Å². The number of amidine groups is 1. The van der Waals surface area contributed by atoms with E-state index in [9.17, 15) is 14.4 Å². The molecule has 0 saturated carbocycles. The predicted octanol–water partition coefficient (Wildman–Crippen LogP) is -0.192. The first-order chi connectivity index (χ1) is 12.3. The molecule has 6 N–H and O–H groups in total. The van der Waals surface area contributed by atoms with Crippen LogP contribution in [0.2, 0.25) is 0 Å². The molecule has 1 aromatic rings. The molecule has 1 aliphatic rings. The van der Waals surface area contributed by atoms with Gasteiger partial charge in [-0.05, 0) is 18.6 Å². The molecule has 1 heterocycles. The number of nitrogens with two attached hydrogens (primary N) is 1. The smallest absolute Gasteiger partial charge is 0.304 e. The molecule has 26 heavy (non-hydrogen) atoms. The number of rotatable bonds is 6. The van der Waals surface area contributed by atoms with E-state index in [1.165, 1.54) is 0 Å². The molecule has 0 radical (unpaired) electrons. The topological polar surface area (TPSA) is 145 Å². The summed E-state index contributed by atoms with van der Waals surface area (Å²) in [5.74, 6) is 3.51. The van der Waals surface area contributed by atoms with Crippen molar-refractivity contribution in [2.45, 2.75) is 25.3 Å². The molecule has 0 spiro atoms. The van der Waals surface area contributed by atoms with Gasteiger partial charge in [0.1, 0.15) is 5.84 Å². The number of nitrogens with one attached hydrogen (secondary N) is 3. The Kier molecular flexibility index (Phi) is 6.33. The van der Waals surface area contributed by atoms with E-state index in [0.29, 0.717) is 12.0 Å². The minimum atomic E-state index is -1.03. The normalized spacial score (nSPS) is 18.4. The molecule has 0 aliphatic carbocycles. The Morgan fingerprint density at radius 2 is 2.00 bits per heavy atom. The Bertz CT molecular complexity index is 777. The number of carbonyl (C=O) groups is 3. The lowest BCUT2D eigenvalue weighted by molar-refractivity contribution is -0.140. The summed E-state index contributed by atoms with van der Waals surface area (Å²) in [6.45, 7) is 0.159. The Morgan fingerprint density at radius 3 is 2.62 bits per heavy atom. The molecule has 2 rings (SSSR count). The fraction of sp³-hybridized carbons (Fsp3) is 0.333. The molecule has 8 nitrogen and oxygen atoms in total. The third-order valence-electron chi connectivity index (χ3n) is 3.94. The van der Waals surface area contributed by atoms with E-state index >= 15 is 0 Å².